The Bertz CT molecular complexity index is 134. The number of likely N-dealkylation sites (tertiary alicyclic amines) is 1. The molecule has 1 heteroatoms. The molecule has 0 aromatic rings. The number of piperidine rings is 1. The van der Waals surface area contributed by atoms with Gasteiger partial charge in [-0.05, 0) is 44.2 Å². The molecule has 0 N–H and O–H groups in total. The largest absolute Gasteiger partial charge is 0.306 e. The van der Waals surface area contributed by atoms with E-state index in [0.717, 1.165) is 5.92 Å². The van der Waals surface area contributed by atoms with Gasteiger partial charge in [0.1, 0.15) is 0 Å². The topological polar surface area (TPSA) is 3.24 Å². The molecule has 1 atom stereocenters. The van der Waals surface area contributed by atoms with E-state index >= 15 is 0 Å². The predicted octanol–water partition coefficient (Wildman–Crippen LogP) is 2.76. The lowest BCUT2D eigenvalue weighted by atomic mass is 9.81. The van der Waals surface area contributed by atoms with Crippen LogP contribution in [0.4, 0.5) is 0 Å². The molecule has 0 bridgehead atoms. The maximum atomic E-state index is 2.47. The summed E-state index contributed by atoms with van der Waals surface area (Å²) in [5.74, 6) is 0.948. The molecule has 12 heavy (non-hydrogen) atoms. The molecule has 0 aromatic heterocycles. The van der Waals surface area contributed by atoms with Gasteiger partial charge >= 0.3 is 0 Å². The van der Waals surface area contributed by atoms with Gasteiger partial charge in [0.15, 0.2) is 0 Å². The van der Waals surface area contributed by atoms with Crippen molar-refractivity contribution in [3.63, 3.8) is 0 Å². The minimum atomic E-state index is 0.517. The van der Waals surface area contributed by atoms with Gasteiger partial charge in [-0.2, -0.15) is 0 Å². The minimum Gasteiger partial charge on any atom is -0.306 e. The maximum absolute atomic E-state index is 2.47. The predicted molar refractivity (Wildman–Crippen MR) is 54.3 cm³/mol. The summed E-state index contributed by atoms with van der Waals surface area (Å²) in [6, 6.07) is 0. The highest BCUT2D eigenvalue weighted by Gasteiger charge is 2.22. The number of hydrogen-bond acceptors (Lipinski definition) is 1. The summed E-state index contributed by atoms with van der Waals surface area (Å²) in [5, 5.41) is 0. The molecular weight excluding hydrogens is 146 g/mol. The van der Waals surface area contributed by atoms with E-state index in [1.54, 1.807) is 0 Å². The zero-order valence-electron chi connectivity index (χ0n) is 9.06. The van der Waals surface area contributed by atoms with E-state index in [4.69, 9.17) is 0 Å². The lowest BCUT2D eigenvalue weighted by molar-refractivity contribution is 0.165. The summed E-state index contributed by atoms with van der Waals surface area (Å²) in [5.41, 5.74) is 0.517. The molecule has 0 aromatic carbocycles. The lowest BCUT2D eigenvalue weighted by Crippen LogP contribution is -2.33. The van der Waals surface area contributed by atoms with Crippen molar-refractivity contribution >= 4 is 0 Å². The molecule has 0 unspecified atom stereocenters. The van der Waals surface area contributed by atoms with Crippen LogP contribution >= 0.6 is 0 Å². The summed E-state index contributed by atoms with van der Waals surface area (Å²) in [6.45, 7) is 9.67. The highest BCUT2D eigenvalue weighted by molar-refractivity contribution is 4.75. The fraction of sp³-hybridized carbons (Fsp3) is 1.00. The zero-order valence-corrected chi connectivity index (χ0v) is 9.06. The van der Waals surface area contributed by atoms with Crippen LogP contribution in [0.3, 0.4) is 0 Å². The molecule has 1 fully saturated rings. The first-order valence-electron chi connectivity index (χ1n) is 5.16. The van der Waals surface area contributed by atoms with Gasteiger partial charge in [-0.15, -0.1) is 0 Å². The second-order valence-electron chi connectivity index (χ2n) is 5.54. The van der Waals surface area contributed by atoms with E-state index in [2.05, 4.69) is 32.7 Å². The third kappa shape index (κ3) is 3.57. The molecule has 1 saturated heterocycles. The van der Waals surface area contributed by atoms with E-state index in [9.17, 15) is 0 Å². The van der Waals surface area contributed by atoms with E-state index in [1.807, 2.05) is 0 Å². The SMILES string of the molecule is CN1CCC[C@@H](CC(C)(C)C)C1. The van der Waals surface area contributed by atoms with Crippen LogP contribution in [0.5, 0.6) is 0 Å². The Morgan fingerprint density at radius 1 is 1.33 bits per heavy atom. The second kappa shape index (κ2) is 3.78. The van der Waals surface area contributed by atoms with Crippen molar-refractivity contribution in [1.82, 2.24) is 4.90 Å². The van der Waals surface area contributed by atoms with Gasteiger partial charge in [-0.3, -0.25) is 0 Å². The maximum Gasteiger partial charge on any atom is 0.000681 e. The molecule has 1 rings (SSSR count). The van der Waals surface area contributed by atoms with Gasteiger partial charge in [-0.25, -0.2) is 0 Å². The summed E-state index contributed by atoms with van der Waals surface area (Å²) in [6.07, 6.45) is 4.23. The van der Waals surface area contributed by atoms with Gasteiger partial charge in [0.25, 0.3) is 0 Å². The van der Waals surface area contributed by atoms with Crippen molar-refractivity contribution in [2.45, 2.75) is 40.0 Å². The van der Waals surface area contributed by atoms with Crippen molar-refractivity contribution in [2.75, 3.05) is 20.1 Å². The number of nitrogens with zero attached hydrogens (tertiary/aromatic N) is 1. The van der Waals surface area contributed by atoms with Gasteiger partial charge in [0, 0.05) is 6.54 Å². The molecule has 1 heterocycles. The van der Waals surface area contributed by atoms with Crippen LogP contribution in [-0.4, -0.2) is 25.0 Å². The third-order valence-electron chi connectivity index (χ3n) is 2.62. The molecule has 1 aliphatic rings. The van der Waals surface area contributed by atoms with Crippen LogP contribution in [0.15, 0.2) is 0 Å². The van der Waals surface area contributed by atoms with Gasteiger partial charge < -0.3 is 4.90 Å². The van der Waals surface area contributed by atoms with Crippen LogP contribution in [0, 0.1) is 11.3 Å². The van der Waals surface area contributed by atoms with E-state index in [0.29, 0.717) is 5.41 Å². The first-order chi connectivity index (χ1) is 5.47. The van der Waals surface area contributed by atoms with E-state index in [-0.39, 0.29) is 0 Å². The van der Waals surface area contributed by atoms with Crippen LogP contribution in [0.2, 0.25) is 0 Å². The minimum absolute atomic E-state index is 0.517. The Morgan fingerprint density at radius 2 is 2.00 bits per heavy atom. The molecule has 72 valence electrons. The normalized spacial score (nSPS) is 27.5. The first kappa shape index (κ1) is 10.0. The third-order valence-corrected chi connectivity index (χ3v) is 2.62. The van der Waals surface area contributed by atoms with Crippen LogP contribution in [0.25, 0.3) is 0 Å². The summed E-state index contributed by atoms with van der Waals surface area (Å²) in [7, 11) is 2.24. The zero-order chi connectivity index (χ0) is 9.19. The van der Waals surface area contributed by atoms with Gasteiger partial charge in [0.05, 0.1) is 0 Å². The Kier molecular flexibility index (Phi) is 3.16. The average molecular weight is 169 g/mol. The quantitative estimate of drug-likeness (QED) is 0.583. The highest BCUT2D eigenvalue weighted by Crippen LogP contribution is 2.29. The van der Waals surface area contributed by atoms with Gasteiger partial charge in [0.2, 0.25) is 0 Å². The van der Waals surface area contributed by atoms with E-state index < -0.39 is 0 Å². The smallest absolute Gasteiger partial charge is 0.000681 e. The van der Waals surface area contributed by atoms with Crippen LogP contribution < -0.4 is 0 Å². The summed E-state index contributed by atoms with van der Waals surface area (Å²) < 4.78 is 0. The average Bonchev–Trinajstić information content (AvgIpc) is 1.82. The highest BCUT2D eigenvalue weighted by atomic mass is 15.1. The van der Waals surface area contributed by atoms with Crippen molar-refractivity contribution in [1.29, 1.82) is 0 Å². The molecule has 0 amide bonds. The summed E-state index contributed by atoms with van der Waals surface area (Å²) in [4.78, 5) is 2.47. The molecule has 0 saturated carbocycles. The Hall–Kier alpha value is -0.0400. The van der Waals surface area contributed by atoms with Crippen LogP contribution in [-0.2, 0) is 0 Å². The Morgan fingerprint density at radius 3 is 2.50 bits per heavy atom. The molecule has 0 radical (unpaired) electrons. The molecule has 0 spiro atoms. The van der Waals surface area contributed by atoms with Crippen molar-refractivity contribution in [2.24, 2.45) is 11.3 Å². The Labute approximate surface area is 77.1 Å². The molecule has 0 aliphatic carbocycles. The number of hydrogen-bond donors (Lipinski definition) is 0. The summed E-state index contributed by atoms with van der Waals surface area (Å²) >= 11 is 0. The lowest BCUT2D eigenvalue weighted by Gasteiger charge is -2.33. The Balaban J connectivity index is 2.32. The van der Waals surface area contributed by atoms with E-state index in [1.165, 1.54) is 32.4 Å². The second-order valence-corrected chi connectivity index (χ2v) is 5.54. The van der Waals surface area contributed by atoms with Crippen molar-refractivity contribution in [3.8, 4) is 0 Å². The number of rotatable bonds is 1. The molecule has 1 nitrogen and oxygen atoms in total. The van der Waals surface area contributed by atoms with Crippen LogP contribution in [0.1, 0.15) is 40.0 Å². The fourth-order valence-corrected chi connectivity index (χ4v) is 2.31. The monoisotopic (exact) mass is 169 g/mol. The first-order valence-corrected chi connectivity index (χ1v) is 5.16. The standard InChI is InChI=1S/C11H23N/c1-11(2,3)8-10-6-5-7-12(4)9-10/h10H,5-9H2,1-4H3/t10-/m0/s1. The fourth-order valence-electron chi connectivity index (χ4n) is 2.31. The molecular formula is C11H23N. The van der Waals surface area contributed by atoms with Crippen molar-refractivity contribution in [3.05, 3.63) is 0 Å². The van der Waals surface area contributed by atoms with Gasteiger partial charge in [-0.1, -0.05) is 20.8 Å². The molecule has 1 aliphatic heterocycles. The van der Waals surface area contributed by atoms with Crippen molar-refractivity contribution < 1.29 is 0 Å².